The molecule has 0 aromatic carbocycles. The molecule has 24 aliphatic rings. The minimum absolute atomic E-state index is 0.545. The molecule has 24 aliphatic carbocycles. The van der Waals surface area contributed by atoms with E-state index in [4.69, 9.17) is 0 Å². The fraction of sp³-hybridized carbons (Fsp3) is 1.00. The summed E-state index contributed by atoms with van der Waals surface area (Å²) < 4.78 is 0. The summed E-state index contributed by atoms with van der Waals surface area (Å²) in [4.78, 5) is 0. The quantitative estimate of drug-likeness (QED) is 0.213. The van der Waals surface area contributed by atoms with Crippen LogP contribution in [0.15, 0.2) is 0 Å². The Labute approximate surface area is 732 Å². The van der Waals surface area contributed by atoms with Crippen LogP contribution in [-0.4, -0.2) is 0 Å². The van der Waals surface area contributed by atoms with Gasteiger partial charge in [-0.25, -0.2) is 0 Å². The van der Waals surface area contributed by atoms with E-state index >= 15 is 0 Å². The number of unbranched alkanes of at least 4 members (excludes halogenated alkanes) is 1. The van der Waals surface area contributed by atoms with E-state index in [1.807, 2.05) is 0 Å². The third-order valence-electron chi connectivity index (χ3n) is 50.2. The van der Waals surface area contributed by atoms with Crippen molar-refractivity contribution in [2.75, 3.05) is 0 Å². The summed E-state index contributed by atoms with van der Waals surface area (Å²) in [6, 6.07) is 0. The summed E-state index contributed by atoms with van der Waals surface area (Å²) in [5, 5.41) is 0. The van der Waals surface area contributed by atoms with Gasteiger partial charge in [-0.2, -0.15) is 0 Å². The zero-order chi connectivity index (χ0) is 84.4. The molecule has 117 heavy (non-hydrogen) atoms. The summed E-state index contributed by atoms with van der Waals surface area (Å²) in [6.07, 6.45) is 71.8. The molecule has 0 amide bonds. The van der Waals surface area contributed by atoms with Gasteiger partial charge in [-0.3, -0.25) is 0 Å². The average molecular weight is 1610 g/mol. The molecule has 22 bridgehead atoms. The maximum atomic E-state index is 2.56. The molecule has 34 unspecified atom stereocenters. The van der Waals surface area contributed by atoms with E-state index in [2.05, 4.69) is 194 Å². The smallest absolute Gasteiger partial charge is 0.0220 e. The molecule has 0 nitrogen and oxygen atoms in total. The SMILES string of the molecule is CC(C)C1(C)CC2CCC1C2.CC1(C)CC2CC1C1C3CCC(C3)C21.CC1(C)CC2CC1C1CCCC21.CC1(C)CC2CCC1(C)C2(C)C.CC1(C)CC2CCC1C2.CC12CCC(C1)C(C)(C)C2(C)C.CCC(C)C1(C)CC2CCC1C2.CCC1(C)CC2CC1C1CCCC21.CCC1(C)CC2CCC1C2.CCCCC1(C)CC2CCC1C2. The van der Waals surface area contributed by atoms with E-state index in [0.717, 1.165) is 152 Å². The largest absolute Gasteiger partial charge is 0.0654 e. The Morgan fingerprint density at radius 1 is 0.299 bits per heavy atom. The van der Waals surface area contributed by atoms with Crippen LogP contribution in [-0.2, 0) is 0 Å². The minimum Gasteiger partial charge on any atom is -0.0654 e. The van der Waals surface area contributed by atoms with Crippen molar-refractivity contribution in [2.45, 2.75) is 496 Å². The standard InChI is InChI=1S/C14H22.C13H22.C12H20.4C12H22.C11H20.C10H18.C9H16/c1-14(2)7-10-6-11(14)13-9-4-3-8(5-9)12(10)13;1-3-13(2)8-9-7-12(13)11-6-4-5-10(9)11;1-12(2)7-8-6-11(12)10-5-3-4-9(8)10;1-10(2)9-6-7-12(5,8-9)11(10,3)4;1-10(2)8-9-6-7-12(10,5)11(9,3)4;1-4-9(2)12(3)8-10-5-6-11(12)7-10;1-3-4-7-12(2)9-10-5-6-11(12)8-10;1-8(2)11(3)7-9-4-5-10(11)6-9;1-3-10(2)7-8-4-5-9(10)6-8;1-9(2)6-7-3-4-8(9)5-7/h8-13H,3-7H2,1-2H3;9-12H,3-8H2,1-2H3;8-11H,3-7H2,1-2H3;2*9H,6-8H2,1-5H3;9-11H,4-8H2,1-3H3;10-11H,3-9H2,1-2H3;8-10H,4-7H2,1-3H3;8-9H,3-7H2,1-2H3;7-8H,3-6H2,1-2H3. The van der Waals surface area contributed by atoms with Crippen LogP contribution in [0.4, 0.5) is 0 Å². The van der Waals surface area contributed by atoms with Crippen LogP contribution in [0.25, 0.3) is 0 Å². The second kappa shape index (κ2) is 33.2. The Morgan fingerprint density at radius 2 is 0.752 bits per heavy atom. The van der Waals surface area contributed by atoms with Crippen molar-refractivity contribution in [1.29, 1.82) is 0 Å². The van der Waals surface area contributed by atoms with Crippen LogP contribution >= 0.6 is 0 Å². The first-order valence-corrected chi connectivity index (χ1v) is 54.7. The van der Waals surface area contributed by atoms with Gasteiger partial charge in [0.2, 0.25) is 0 Å². The highest BCUT2D eigenvalue weighted by molar-refractivity contribution is 5.17. The van der Waals surface area contributed by atoms with Crippen LogP contribution in [0.3, 0.4) is 0 Å². The molecule has 0 heteroatoms. The molecule has 0 aromatic heterocycles. The third-order valence-corrected chi connectivity index (χ3v) is 50.2. The van der Waals surface area contributed by atoms with Gasteiger partial charge in [-0.1, -0.05) is 271 Å². The van der Waals surface area contributed by atoms with Gasteiger partial charge in [0.15, 0.2) is 0 Å². The molecular weight excluding hydrogens is 1410 g/mol. The number of hydrogen-bond acceptors (Lipinski definition) is 0. The molecule has 0 aliphatic heterocycles. The van der Waals surface area contributed by atoms with Gasteiger partial charge in [0.05, 0.1) is 0 Å². The van der Waals surface area contributed by atoms with E-state index in [-0.39, 0.29) is 0 Å². The molecule has 34 atom stereocenters. The molecule has 0 saturated heterocycles. The van der Waals surface area contributed by atoms with E-state index in [0.29, 0.717) is 54.1 Å². The Kier molecular flexibility index (Phi) is 26.0. The summed E-state index contributed by atoms with van der Waals surface area (Å²) >= 11 is 0. The highest BCUT2D eigenvalue weighted by Gasteiger charge is 2.68. The third kappa shape index (κ3) is 16.2. The molecule has 0 heterocycles. The lowest BCUT2D eigenvalue weighted by Gasteiger charge is -2.50. The molecule has 0 radical (unpaired) electrons. The van der Waals surface area contributed by atoms with Crippen LogP contribution < -0.4 is 0 Å². The first-order chi connectivity index (χ1) is 54.7. The average Bonchev–Trinajstić information content (AvgIpc) is 1.54. The fourth-order valence-electron chi connectivity index (χ4n) is 40.3. The second-order valence-corrected chi connectivity index (χ2v) is 57.3. The normalized spacial score (nSPS) is 51.7. The highest BCUT2D eigenvalue weighted by atomic mass is 14.7. The second-order valence-electron chi connectivity index (χ2n) is 57.3. The number of fused-ring (bicyclic) bond motifs is 33. The Bertz CT molecular complexity index is 3280. The van der Waals surface area contributed by atoms with Crippen molar-refractivity contribution in [2.24, 2.45) is 242 Å². The fourth-order valence-corrected chi connectivity index (χ4v) is 40.3. The van der Waals surface area contributed by atoms with Gasteiger partial charge in [0.25, 0.3) is 0 Å². The first kappa shape index (κ1) is 91.7. The van der Waals surface area contributed by atoms with Crippen LogP contribution in [0.2, 0.25) is 0 Å². The predicted octanol–water partition coefficient (Wildman–Crippen LogP) is 36.1. The van der Waals surface area contributed by atoms with Crippen molar-refractivity contribution >= 4 is 0 Å². The topological polar surface area (TPSA) is 0 Å². The van der Waals surface area contributed by atoms with Crippen molar-refractivity contribution < 1.29 is 0 Å². The Morgan fingerprint density at radius 3 is 1.14 bits per heavy atom. The lowest BCUT2D eigenvalue weighted by atomic mass is 9.55. The van der Waals surface area contributed by atoms with Crippen LogP contribution in [0.5, 0.6) is 0 Å². The number of hydrogen-bond donors (Lipinski definition) is 0. The summed E-state index contributed by atoms with van der Waals surface area (Å²) in [6.45, 7) is 69.2. The van der Waals surface area contributed by atoms with Gasteiger partial charge in [0, 0.05) is 0 Å². The maximum Gasteiger partial charge on any atom is -0.0220 e. The van der Waals surface area contributed by atoms with Gasteiger partial charge < -0.3 is 0 Å². The Hall–Kier alpha value is 0. The first-order valence-electron chi connectivity index (χ1n) is 54.7. The summed E-state index contributed by atoms with van der Waals surface area (Å²) in [5.41, 5.74) is 9.35. The van der Waals surface area contributed by atoms with Crippen molar-refractivity contribution in [3.05, 3.63) is 0 Å². The van der Waals surface area contributed by atoms with Crippen LogP contribution in [0.1, 0.15) is 496 Å². The van der Waals surface area contributed by atoms with Crippen molar-refractivity contribution in [3.8, 4) is 0 Å². The van der Waals surface area contributed by atoms with Crippen LogP contribution in [0, 0.1) is 242 Å². The van der Waals surface area contributed by atoms with Gasteiger partial charge in [-0.15, -0.1) is 0 Å². The molecule has 24 saturated carbocycles. The predicted molar refractivity (Wildman–Crippen MR) is 508 cm³/mol. The van der Waals surface area contributed by atoms with E-state index < -0.39 is 0 Å². The monoisotopic (exact) mass is 1610 g/mol. The highest BCUT2D eigenvalue weighted by Crippen LogP contribution is 2.76. The lowest BCUT2D eigenvalue weighted by Crippen LogP contribution is -2.42. The number of rotatable bonds is 8. The lowest BCUT2D eigenvalue weighted by molar-refractivity contribution is -0.0111. The summed E-state index contributed by atoms with van der Waals surface area (Å²) in [7, 11) is 0. The molecule has 0 N–H and O–H groups in total. The van der Waals surface area contributed by atoms with E-state index in [9.17, 15) is 0 Å². The van der Waals surface area contributed by atoms with Gasteiger partial charge in [-0.05, 0) is 466 Å². The molecule has 24 rings (SSSR count). The molecule has 0 spiro atoms. The molecule has 674 valence electrons. The Balaban J connectivity index is 0.000000102. The van der Waals surface area contributed by atoms with Crippen molar-refractivity contribution in [3.63, 3.8) is 0 Å². The zero-order valence-electron chi connectivity index (χ0n) is 84.4. The maximum absolute atomic E-state index is 2.56. The summed E-state index contributed by atoms with van der Waals surface area (Å²) in [5.74, 6) is 31.0. The van der Waals surface area contributed by atoms with Crippen molar-refractivity contribution in [1.82, 2.24) is 0 Å². The van der Waals surface area contributed by atoms with Gasteiger partial charge in [0.1, 0.15) is 0 Å². The van der Waals surface area contributed by atoms with Gasteiger partial charge >= 0.3 is 0 Å². The molecule has 0 aromatic rings. The zero-order valence-corrected chi connectivity index (χ0v) is 84.4. The van der Waals surface area contributed by atoms with E-state index in [1.54, 1.807) is 154 Å². The minimum atomic E-state index is 0.545. The molecule has 24 fully saturated rings. The molecular formula is C117H206. The van der Waals surface area contributed by atoms with E-state index in [1.165, 1.54) is 183 Å².